The highest BCUT2D eigenvalue weighted by molar-refractivity contribution is 6.00. The Morgan fingerprint density at radius 1 is 1.12 bits per heavy atom. The third-order valence-electron chi connectivity index (χ3n) is 6.86. The first-order valence-electron chi connectivity index (χ1n) is 12.0. The third-order valence-corrected chi connectivity index (χ3v) is 6.86. The summed E-state index contributed by atoms with van der Waals surface area (Å²) >= 11 is 0. The lowest BCUT2D eigenvalue weighted by Crippen LogP contribution is -2.46. The van der Waals surface area contributed by atoms with E-state index in [0.717, 1.165) is 43.9 Å². The highest BCUT2D eigenvalue weighted by Gasteiger charge is 2.36. The number of rotatable bonds is 7. The van der Waals surface area contributed by atoms with Gasteiger partial charge in [-0.1, -0.05) is 44.2 Å². The summed E-state index contributed by atoms with van der Waals surface area (Å²) in [4.78, 5) is 29.8. The Labute approximate surface area is 196 Å². The van der Waals surface area contributed by atoms with Gasteiger partial charge >= 0.3 is 0 Å². The van der Waals surface area contributed by atoms with Gasteiger partial charge in [0.25, 0.3) is 0 Å². The molecule has 2 saturated heterocycles. The molecule has 0 spiro atoms. The number of anilines is 1. The van der Waals surface area contributed by atoms with Gasteiger partial charge in [0, 0.05) is 49.9 Å². The van der Waals surface area contributed by atoms with Crippen LogP contribution in [0.5, 0.6) is 5.75 Å². The minimum Gasteiger partial charge on any atom is -0.496 e. The van der Waals surface area contributed by atoms with E-state index in [0.29, 0.717) is 12.5 Å². The normalized spacial score (nSPS) is 19.8. The minimum atomic E-state index is -0.285. The number of likely N-dealkylation sites (tertiary alicyclic amines) is 1. The van der Waals surface area contributed by atoms with Crippen LogP contribution in [0.3, 0.4) is 0 Å². The van der Waals surface area contributed by atoms with Crippen LogP contribution in [0.4, 0.5) is 5.69 Å². The summed E-state index contributed by atoms with van der Waals surface area (Å²) in [5, 5.41) is 3.22. The fourth-order valence-electron chi connectivity index (χ4n) is 4.81. The van der Waals surface area contributed by atoms with Gasteiger partial charge in [-0.05, 0) is 42.5 Å². The van der Waals surface area contributed by atoms with E-state index >= 15 is 0 Å². The Balaban J connectivity index is 1.28. The number of amides is 2. The van der Waals surface area contributed by atoms with Crippen LogP contribution in [0.1, 0.15) is 50.2 Å². The quantitative estimate of drug-likeness (QED) is 0.695. The molecule has 2 aliphatic rings. The maximum absolute atomic E-state index is 12.9. The molecule has 0 aromatic heterocycles. The van der Waals surface area contributed by atoms with Crippen molar-refractivity contribution in [2.75, 3.05) is 31.6 Å². The van der Waals surface area contributed by atoms with Crippen molar-refractivity contribution in [3.63, 3.8) is 0 Å². The Morgan fingerprint density at radius 2 is 1.88 bits per heavy atom. The van der Waals surface area contributed by atoms with E-state index in [9.17, 15) is 9.59 Å². The molecule has 6 heteroatoms. The number of nitrogens with zero attached hydrogens (tertiary/aromatic N) is 2. The molecule has 2 fully saturated rings. The van der Waals surface area contributed by atoms with E-state index in [1.807, 2.05) is 30.3 Å². The SMILES string of the molecule is COc1ccccc1CN1CCC(NC(=O)C2CC(=O)N(c3cccc(C(C)C)c3)C2)CC1. The van der Waals surface area contributed by atoms with Crippen LogP contribution in [0, 0.1) is 5.92 Å². The molecular formula is C27H35N3O3. The molecule has 2 aromatic carbocycles. The van der Waals surface area contributed by atoms with E-state index in [1.54, 1.807) is 12.0 Å². The topological polar surface area (TPSA) is 61.9 Å². The maximum atomic E-state index is 12.9. The number of piperidine rings is 1. The molecule has 2 heterocycles. The molecule has 1 N–H and O–H groups in total. The number of hydrogen-bond donors (Lipinski definition) is 1. The average Bonchev–Trinajstić information content (AvgIpc) is 3.22. The van der Waals surface area contributed by atoms with E-state index in [4.69, 9.17) is 4.74 Å². The second-order valence-corrected chi connectivity index (χ2v) is 9.53. The van der Waals surface area contributed by atoms with Crippen LogP contribution < -0.4 is 15.0 Å². The molecule has 0 aliphatic carbocycles. The predicted octanol–water partition coefficient (Wildman–Crippen LogP) is 3.95. The van der Waals surface area contributed by atoms with Crippen molar-refractivity contribution in [1.82, 2.24) is 10.2 Å². The number of ether oxygens (including phenoxy) is 1. The Morgan fingerprint density at radius 3 is 2.61 bits per heavy atom. The van der Waals surface area contributed by atoms with Gasteiger partial charge in [0.05, 0.1) is 13.0 Å². The number of carbonyl (C=O) groups is 2. The molecule has 6 nitrogen and oxygen atoms in total. The lowest BCUT2D eigenvalue weighted by Gasteiger charge is -2.33. The van der Waals surface area contributed by atoms with Crippen LogP contribution in [0.15, 0.2) is 48.5 Å². The monoisotopic (exact) mass is 449 g/mol. The van der Waals surface area contributed by atoms with Crippen molar-refractivity contribution >= 4 is 17.5 Å². The number of benzene rings is 2. The number of hydrogen-bond acceptors (Lipinski definition) is 4. The predicted molar refractivity (Wildman–Crippen MR) is 130 cm³/mol. The fourth-order valence-corrected chi connectivity index (χ4v) is 4.81. The molecule has 0 radical (unpaired) electrons. The molecule has 1 atom stereocenters. The standard InChI is InChI=1S/C27H35N3O3/c1-19(2)20-8-6-9-24(15-20)30-18-22(16-26(30)31)27(32)28-23-11-13-29(14-12-23)17-21-7-4-5-10-25(21)33-3/h4-10,15,19,22-23H,11-14,16-18H2,1-3H3,(H,28,32). The fraction of sp³-hybridized carbons (Fsp3) is 0.481. The summed E-state index contributed by atoms with van der Waals surface area (Å²) in [7, 11) is 1.70. The second kappa shape index (κ2) is 10.4. The van der Waals surface area contributed by atoms with Crippen LogP contribution in [-0.4, -0.2) is 49.5 Å². The molecule has 0 saturated carbocycles. The summed E-state index contributed by atoms with van der Waals surface area (Å²) in [6, 6.07) is 16.4. The van der Waals surface area contributed by atoms with Crippen LogP contribution >= 0.6 is 0 Å². The van der Waals surface area contributed by atoms with E-state index < -0.39 is 0 Å². The van der Waals surface area contributed by atoms with Gasteiger partial charge in [-0.25, -0.2) is 0 Å². The van der Waals surface area contributed by atoms with Crippen molar-refractivity contribution in [1.29, 1.82) is 0 Å². The van der Waals surface area contributed by atoms with Gasteiger partial charge in [0.15, 0.2) is 0 Å². The molecule has 0 bridgehead atoms. The second-order valence-electron chi connectivity index (χ2n) is 9.53. The summed E-state index contributed by atoms with van der Waals surface area (Å²) in [6.45, 7) is 7.46. The molecule has 2 amide bonds. The summed E-state index contributed by atoms with van der Waals surface area (Å²) < 4.78 is 5.47. The molecule has 2 aliphatic heterocycles. The zero-order valence-corrected chi connectivity index (χ0v) is 19.9. The van der Waals surface area contributed by atoms with Gasteiger partial charge in [-0.15, -0.1) is 0 Å². The van der Waals surface area contributed by atoms with Gasteiger partial charge in [0.1, 0.15) is 5.75 Å². The maximum Gasteiger partial charge on any atom is 0.227 e. The Kier molecular flexibility index (Phi) is 7.33. The van der Waals surface area contributed by atoms with Gasteiger partial charge in [-0.2, -0.15) is 0 Å². The van der Waals surface area contributed by atoms with Crippen LogP contribution in [0.25, 0.3) is 0 Å². The molecule has 1 unspecified atom stereocenters. The first kappa shape index (κ1) is 23.3. The van der Waals surface area contributed by atoms with Crippen molar-refractivity contribution in [3.8, 4) is 5.75 Å². The summed E-state index contributed by atoms with van der Waals surface area (Å²) in [6.07, 6.45) is 2.12. The minimum absolute atomic E-state index is 0.00837. The first-order valence-corrected chi connectivity index (χ1v) is 12.0. The van der Waals surface area contributed by atoms with E-state index in [1.165, 1.54) is 11.1 Å². The highest BCUT2D eigenvalue weighted by atomic mass is 16.5. The van der Waals surface area contributed by atoms with Crippen molar-refractivity contribution in [3.05, 3.63) is 59.7 Å². The molecule has 4 rings (SSSR count). The smallest absolute Gasteiger partial charge is 0.227 e. The van der Waals surface area contributed by atoms with E-state index in [-0.39, 0.29) is 30.2 Å². The lowest BCUT2D eigenvalue weighted by molar-refractivity contribution is -0.127. The summed E-state index contributed by atoms with van der Waals surface area (Å²) in [5.74, 6) is 1.07. The van der Waals surface area contributed by atoms with E-state index in [2.05, 4.69) is 42.3 Å². The van der Waals surface area contributed by atoms with Crippen LogP contribution in [-0.2, 0) is 16.1 Å². The first-order chi connectivity index (χ1) is 15.9. The number of para-hydroxylation sites is 1. The van der Waals surface area contributed by atoms with Crippen LogP contribution in [0.2, 0.25) is 0 Å². The Bertz CT molecular complexity index is 982. The van der Waals surface area contributed by atoms with Gasteiger partial charge in [-0.3, -0.25) is 14.5 Å². The highest BCUT2D eigenvalue weighted by Crippen LogP contribution is 2.28. The van der Waals surface area contributed by atoms with Crippen molar-refractivity contribution in [2.24, 2.45) is 5.92 Å². The number of nitrogens with one attached hydrogen (secondary N) is 1. The number of methoxy groups -OCH3 is 1. The molecular weight excluding hydrogens is 414 g/mol. The molecule has 33 heavy (non-hydrogen) atoms. The zero-order valence-electron chi connectivity index (χ0n) is 19.9. The van der Waals surface area contributed by atoms with Gasteiger partial charge < -0.3 is 15.0 Å². The molecule has 2 aromatic rings. The summed E-state index contributed by atoms with van der Waals surface area (Å²) in [5.41, 5.74) is 3.29. The zero-order chi connectivity index (χ0) is 23.4. The van der Waals surface area contributed by atoms with Crippen molar-refractivity contribution in [2.45, 2.75) is 51.6 Å². The third kappa shape index (κ3) is 5.56. The number of carbonyl (C=O) groups excluding carboxylic acids is 2. The van der Waals surface area contributed by atoms with Gasteiger partial charge in [0.2, 0.25) is 11.8 Å². The molecule has 176 valence electrons. The lowest BCUT2D eigenvalue weighted by atomic mass is 10.0. The average molecular weight is 450 g/mol. The van der Waals surface area contributed by atoms with Crippen molar-refractivity contribution < 1.29 is 14.3 Å². The Hall–Kier alpha value is -2.86. The largest absolute Gasteiger partial charge is 0.496 e.